The molecule has 1 aliphatic carbocycles. The second kappa shape index (κ2) is 8.59. The van der Waals surface area contributed by atoms with Gasteiger partial charge in [-0.25, -0.2) is 4.98 Å². The molecule has 3 aromatic rings. The first-order chi connectivity index (χ1) is 16.0. The van der Waals surface area contributed by atoms with Crippen LogP contribution in [0.1, 0.15) is 17.9 Å². The number of halogens is 1. The molecule has 1 saturated carbocycles. The van der Waals surface area contributed by atoms with Gasteiger partial charge in [0.2, 0.25) is 11.9 Å². The first kappa shape index (κ1) is 21.6. The number of benzene rings is 2. The predicted molar refractivity (Wildman–Crippen MR) is 128 cm³/mol. The van der Waals surface area contributed by atoms with Crippen molar-refractivity contribution < 1.29 is 14.3 Å². The van der Waals surface area contributed by atoms with Crippen LogP contribution in [0, 0.1) is 5.92 Å². The van der Waals surface area contributed by atoms with E-state index in [1.54, 1.807) is 26.4 Å². The summed E-state index contributed by atoms with van der Waals surface area (Å²) in [6, 6.07) is 11.4. The first-order valence-corrected chi connectivity index (χ1v) is 11.4. The molecular weight excluding hydrogens is 442 g/mol. The third-order valence-electron chi connectivity index (χ3n) is 6.51. The predicted octanol–water partition coefficient (Wildman–Crippen LogP) is 3.33. The zero-order valence-corrected chi connectivity index (χ0v) is 19.4. The average molecular weight is 468 g/mol. The highest BCUT2D eigenvalue weighted by Gasteiger charge is 2.46. The molecule has 0 bridgehead atoms. The molecule has 2 heterocycles. The number of anilines is 2. The summed E-state index contributed by atoms with van der Waals surface area (Å²) in [6.45, 7) is 2.54. The van der Waals surface area contributed by atoms with E-state index >= 15 is 0 Å². The molecule has 9 heteroatoms. The van der Waals surface area contributed by atoms with Crippen molar-refractivity contribution in [1.29, 1.82) is 0 Å². The van der Waals surface area contributed by atoms with E-state index in [0.717, 1.165) is 17.0 Å². The van der Waals surface area contributed by atoms with Crippen molar-refractivity contribution in [3.63, 3.8) is 0 Å². The maximum atomic E-state index is 13.0. The number of nitrogens with zero attached hydrogens (tertiary/aromatic N) is 4. The Labute approximate surface area is 197 Å². The quantitative estimate of drug-likeness (QED) is 0.615. The Morgan fingerprint density at radius 3 is 2.45 bits per heavy atom. The van der Waals surface area contributed by atoms with Crippen LogP contribution >= 0.6 is 11.6 Å². The van der Waals surface area contributed by atoms with Gasteiger partial charge in [0.1, 0.15) is 5.82 Å². The van der Waals surface area contributed by atoms with Crippen LogP contribution in [0.3, 0.4) is 0 Å². The Kier molecular flexibility index (Phi) is 5.62. The largest absolute Gasteiger partial charge is 0.493 e. The molecule has 2 atom stereocenters. The molecule has 0 radical (unpaired) electrons. The van der Waals surface area contributed by atoms with Crippen LogP contribution in [0.2, 0.25) is 5.02 Å². The van der Waals surface area contributed by atoms with Gasteiger partial charge in [-0.1, -0.05) is 29.8 Å². The number of nitrogens with two attached hydrogens (primary N) is 1. The lowest BCUT2D eigenvalue weighted by atomic mass is 10.1. The highest BCUT2D eigenvalue weighted by molar-refractivity contribution is 6.31. The molecule has 1 saturated heterocycles. The molecule has 1 aromatic heterocycles. The van der Waals surface area contributed by atoms with E-state index in [2.05, 4.69) is 9.88 Å². The maximum absolute atomic E-state index is 13.0. The molecule has 2 unspecified atom stereocenters. The maximum Gasteiger partial charge on any atom is 0.228 e. The SMILES string of the molecule is COc1cc2nc(N3CCN(C(=O)C4CC4c4ccccc4Cl)CC3)nc(N)c2cc1OC. The summed E-state index contributed by atoms with van der Waals surface area (Å²) in [4.78, 5) is 26.3. The number of nitrogen functional groups attached to an aromatic ring is 1. The standard InChI is InChI=1S/C24H26ClN5O3/c1-32-20-12-17-19(13-21(20)33-2)27-24(28-22(17)26)30-9-7-29(8-10-30)23(31)16-11-15(16)14-5-3-4-6-18(14)25/h3-6,12-13,15-16H,7-11H2,1-2H3,(H2,26,27,28). The monoisotopic (exact) mass is 467 g/mol. The van der Waals surface area contributed by atoms with Crippen LogP contribution in [-0.4, -0.2) is 61.2 Å². The molecule has 2 aliphatic rings. The Morgan fingerprint density at radius 2 is 1.76 bits per heavy atom. The Morgan fingerprint density at radius 1 is 1.06 bits per heavy atom. The van der Waals surface area contributed by atoms with E-state index in [1.165, 1.54) is 0 Å². The minimum atomic E-state index is 0.0199. The van der Waals surface area contributed by atoms with Gasteiger partial charge in [0.25, 0.3) is 0 Å². The van der Waals surface area contributed by atoms with Gasteiger partial charge in [0.15, 0.2) is 11.5 Å². The molecule has 33 heavy (non-hydrogen) atoms. The smallest absolute Gasteiger partial charge is 0.228 e. The van der Waals surface area contributed by atoms with E-state index in [9.17, 15) is 4.79 Å². The lowest BCUT2D eigenvalue weighted by molar-refractivity contribution is -0.133. The van der Waals surface area contributed by atoms with Crippen LogP contribution in [0.25, 0.3) is 10.9 Å². The van der Waals surface area contributed by atoms with Crippen molar-refractivity contribution >= 4 is 40.2 Å². The van der Waals surface area contributed by atoms with Gasteiger partial charge in [-0.15, -0.1) is 0 Å². The molecule has 2 N–H and O–H groups in total. The molecule has 1 amide bonds. The van der Waals surface area contributed by atoms with Crippen molar-refractivity contribution in [1.82, 2.24) is 14.9 Å². The number of carbonyl (C=O) groups is 1. The van der Waals surface area contributed by atoms with Crippen LogP contribution in [0.5, 0.6) is 11.5 Å². The molecule has 0 spiro atoms. The minimum absolute atomic E-state index is 0.0199. The number of methoxy groups -OCH3 is 2. The number of amides is 1. The highest BCUT2D eigenvalue weighted by Crippen LogP contribution is 2.50. The van der Waals surface area contributed by atoms with E-state index in [1.807, 2.05) is 29.2 Å². The van der Waals surface area contributed by atoms with E-state index < -0.39 is 0 Å². The normalized spacial score (nSPS) is 20.1. The van der Waals surface area contributed by atoms with Crippen LogP contribution in [-0.2, 0) is 4.79 Å². The van der Waals surface area contributed by atoms with Crippen LogP contribution < -0.4 is 20.1 Å². The summed E-state index contributed by atoms with van der Waals surface area (Å²) in [5.41, 5.74) is 8.00. The average Bonchev–Trinajstić information content (AvgIpc) is 3.64. The van der Waals surface area contributed by atoms with Crippen LogP contribution in [0.15, 0.2) is 36.4 Å². The zero-order valence-electron chi connectivity index (χ0n) is 18.6. The molecular formula is C24H26ClN5O3. The van der Waals surface area contributed by atoms with E-state index in [4.69, 9.17) is 31.8 Å². The number of carbonyl (C=O) groups excluding carboxylic acids is 1. The van der Waals surface area contributed by atoms with Gasteiger partial charge < -0.3 is 25.0 Å². The van der Waals surface area contributed by atoms with Gasteiger partial charge in [-0.2, -0.15) is 4.98 Å². The second-order valence-corrected chi connectivity index (χ2v) is 8.82. The van der Waals surface area contributed by atoms with Crippen molar-refractivity contribution in [3.8, 4) is 11.5 Å². The highest BCUT2D eigenvalue weighted by atomic mass is 35.5. The fraction of sp³-hybridized carbons (Fsp3) is 0.375. The van der Waals surface area contributed by atoms with Crippen LogP contribution in [0.4, 0.5) is 11.8 Å². The summed E-state index contributed by atoms with van der Waals surface area (Å²) in [5, 5.41) is 1.45. The summed E-state index contributed by atoms with van der Waals surface area (Å²) in [6.07, 6.45) is 0.860. The molecule has 2 aromatic carbocycles. The second-order valence-electron chi connectivity index (χ2n) is 8.42. The number of piperazine rings is 1. The lowest BCUT2D eigenvalue weighted by Gasteiger charge is -2.35. The summed E-state index contributed by atoms with van der Waals surface area (Å²) in [7, 11) is 3.16. The van der Waals surface area contributed by atoms with Gasteiger partial charge >= 0.3 is 0 Å². The third-order valence-corrected chi connectivity index (χ3v) is 6.85. The summed E-state index contributed by atoms with van der Waals surface area (Å²) < 4.78 is 10.7. The number of hydrogen-bond donors (Lipinski definition) is 1. The molecule has 5 rings (SSSR count). The van der Waals surface area contributed by atoms with Gasteiger partial charge in [-0.3, -0.25) is 4.79 Å². The van der Waals surface area contributed by atoms with E-state index in [-0.39, 0.29) is 17.7 Å². The fourth-order valence-electron chi connectivity index (χ4n) is 4.56. The van der Waals surface area contributed by atoms with Crippen molar-refractivity contribution in [2.45, 2.75) is 12.3 Å². The molecule has 172 valence electrons. The summed E-state index contributed by atoms with van der Waals surface area (Å²) >= 11 is 6.32. The van der Waals surface area contributed by atoms with Crippen molar-refractivity contribution in [3.05, 3.63) is 47.0 Å². The number of ether oxygens (including phenoxy) is 2. The van der Waals surface area contributed by atoms with Gasteiger partial charge in [0, 0.05) is 48.6 Å². The topological polar surface area (TPSA) is 93.8 Å². The Bertz CT molecular complexity index is 1210. The fourth-order valence-corrected chi connectivity index (χ4v) is 4.83. The Hall–Kier alpha value is -3.26. The van der Waals surface area contributed by atoms with Gasteiger partial charge in [-0.05, 0) is 30.0 Å². The lowest BCUT2D eigenvalue weighted by Crippen LogP contribution is -2.49. The number of hydrogen-bond acceptors (Lipinski definition) is 7. The Balaban J connectivity index is 1.27. The third kappa shape index (κ3) is 3.99. The molecule has 2 fully saturated rings. The minimum Gasteiger partial charge on any atom is -0.493 e. The number of aromatic nitrogens is 2. The van der Waals surface area contributed by atoms with Crippen molar-refractivity contribution in [2.24, 2.45) is 5.92 Å². The van der Waals surface area contributed by atoms with E-state index in [0.29, 0.717) is 60.3 Å². The number of fused-ring (bicyclic) bond motifs is 1. The molecule has 1 aliphatic heterocycles. The van der Waals surface area contributed by atoms with Gasteiger partial charge in [0.05, 0.1) is 19.7 Å². The first-order valence-electron chi connectivity index (χ1n) is 11.0. The molecule has 8 nitrogen and oxygen atoms in total. The number of rotatable bonds is 5. The van der Waals surface area contributed by atoms with Crippen molar-refractivity contribution in [2.75, 3.05) is 51.0 Å². The summed E-state index contributed by atoms with van der Waals surface area (Å²) in [5.74, 6) is 2.55. The zero-order chi connectivity index (χ0) is 23.1.